The average Bonchev–Trinajstić information content (AvgIpc) is 3.31. The van der Waals surface area contributed by atoms with Gasteiger partial charge >= 0.3 is 35.8 Å². The molecule has 0 heterocycles. The van der Waals surface area contributed by atoms with Gasteiger partial charge in [-0.15, -0.1) is 0 Å². The Morgan fingerprint density at radius 2 is 0.597 bits per heavy atom. The fourth-order valence-corrected chi connectivity index (χ4v) is 8.21. The Kier molecular flexibility index (Phi) is 20.4. The Morgan fingerprint density at radius 1 is 0.375 bits per heavy atom. The molecule has 16 nitrogen and oxygen atoms in total. The summed E-state index contributed by atoms with van der Waals surface area (Å²) in [5.74, 6) is -1.86. The van der Waals surface area contributed by atoms with Crippen molar-refractivity contribution in [2.24, 2.45) is 0 Å². The normalized spacial score (nSPS) is 11.6. The van der Waals surface area contributed by atoms with Crippen LogP contribution in [0.25, 0.3) is 0 Å². The molecule has 0 aromatic heterocycles. The van der Waals surface area contributed by atoms with Crippen molar-refractivity contribution >= 4 is 35.8 Å². The van der Waals surface area contributed by atoms with Crippen molar-refractivity contribution in [2.45, 2.75) is 80.1 Å². The van der Waals surface area contributed by atoms with Gasteiger partial charge < -0.3 is 47.4 Å². The molecule has 1 aliphatic rings. The van der Waals surface area contributed by atoms with Gasteiger partial charge in [-0.25, -0.2) is 9.59 Å². The topological polar surface area (TPSA) is 195 Å². The van der Waals surface area contributed by atoms with Gasteiger partial charge in [0, 0.05) is 36.8 Å². The quantitative estimate of drug-likeness (QED) is 0.0216. The summed E-state index contributed by atoms with van der Waals surface area (Å²) in [6.45, 7) is 18.0. The molecule has 0 fully saturated rings. The van der Waals surface area contributed by atoms with Gasteiger partial charge in [-0.1, -0.05) is 83.9 Å². The zero-order valence-corrected chi connectivity index (χ0v) is 42.5. The zero-order chi connectivity index (χ0) is 52.5. The minimum absolute atomic E-state index is 0.0178. The fraction of sp³-hybridized carbons (Fsp3) is 0.393. The number of ether oxygens (including phenoxy) is 10. The van der Waals surface area contributed by atoms with Crippen LogP contribution in [0, 0.1) is 27.7 Å². The number of methoxy groups -OCH3 is 2. The average molecular weight is 993 g/mol. The van der Waals surface area contributed by atoms with E-state index in [2.05, 4.69) is 22.6 Å². The van der Waals surface area contributed by atoms with Crippen LogP contribution >= 0.6 is 0 Å². The van der Waals surface area contributed by atoms with Crippen LogP contribution in [0.2, 0.25) is 0 Å². The molecule has 0 unspecified atom stereocenters. The Bertz CT molecular complexity index is 2420. The summed E-state index contributed by atoms with van der Waals surface area (Å²) in [7, 11) is 2.38. The number of carbonyl (C=O) groups excluding carboxylic acids is 6. The molecule has 0 N–H and O–H groups in total. The summed E-state index contributed by atoms with van der Waals surface area (Å²) < 4.78 is 57.3. The van der Waals surface area contributed by atoms with E-state index in [0.717, 1.165) is 66.8 Å². The minimum atomic E-state index is -0.755. The van der Waals surface area contributed by atoms with Gasteiger partial charge in [-0.05, 0) is 86.1 Å². The summed E-state index contributed by atoms with van der Waals surface area (Å²) >= 11 is 0. The standard InChI is InChI=1S/C56H64O16/c1-33(2)55(61)71-17-15-69-53-43-23-37(7)24-44(53)28-40-20-36(6)22-42(52(40)68-14-12-66-50(60)32-48(58)64-10)30-46-26-38(8)25-45(54(46)70-16-18-72-56(62)34(3)4)29-41-21-35(5)19-39(27-43)51(41)67-13-11-65-49(59)31-47(57)63-9/h19-26H,1,3,11-18,27-32H2,2,4-10H3. The zero-order valence-electron chi connectivity index (χ0n) is 42.5. The number of carbonyl (C=O) groups is 6. The van der Waals surface area contributed by atoms with Crippen molar-refractivity contribution in [3.63, 3.8) is 0 Å². The number of esters is 6. The molecular weight excluding hydrogens is 929 g/mol. The highest BCUT2D eigenvalue weighted by atomic mass is 16.6. The number of rotatable bonds is 22. The first-order valence-electron chi connectivity index (χ1n) is 23.5. The second-order valence-electron chi connectivity index (χ2n) is 17.5. The second kappa shape index (κ2) is 26.6. The van der Waals surface area contributed by atoms with Gasteiger partial charge in [-0.3, -0.25) is 19.2 Å². The van der Waals surface area contributed by atoms with Crippen molar-refractivity contribution in [3.8, 4) is 23.0 Å². The lowest BCUT2D eigenvalue weighted by molar-refractivity contribution is -0.155. The fourth-order valence-electron chi connectivity index (χ4n) is 8.21. The predicted molar refractivity (Wildman–Crippen MR) is 265 cm³/mol. The lowest BCUT2D eigenvalue weighted by atomic mass is 9.88. The highest BCUT2D eigenvalue weighted by Crippen LogP contribution is 2.40. The van der Waals surface area contributed by atoms with Crippen molar-refractivity contribution < 1.29 is 76.1 Å². The first kappa shape index (κ1) is 55.3. The Labute approximate surface area is 420 Å². The van der Waals surface area contributed by atoms with Gasteiger partial charge in [0.2, 0.25) is 0 Å². The summed E-state index contributed by atoms with van der Waals surface area (Å²) in [6, 6.07) is 16.2. The molecular formula is C56H64O16. The summed E-state index contributed by atoms with van der Waals surface area (Å²) in [4.78, 5) is 73.2. The van der Waals surface area contributed by atoms with E-state index in [1.54, 1.807) is 13.8 Å². The van der Waals surface area contributed by atoms with Crippen LogP contribution in [-0.2, 0) is 82.9 Å². The molecule has 0 amide bonds. The van der Waals surface area contributed by atoms with Gasteiger partial charge in [-0.2, -0.15) is 0 Å². The van der Waals surface area contributed by atoms with Crippen LogP contribution in [0.15, 0.2) is 72.8 Å². The van der Waals surface area contributed by atoms with Gasteiger partial charge in [0.15, 0.2) is 0 Å². The molecule has 16 heteroatoms. The first-order chi connectivity index (χ1) is 34.3. The molecule has 0 spiro atoms. The van der Waals surface area contributed by atoms with Crippen molar-refractivity contribution in [2.75, 3.05) is 67.1 Å². The molecule has 384 valence electrons. The third-order valence-corrected chi connectivity index (χ3v) is 11.1. The number of aryl methyl sites for hydroxylation is 4. The summed E-state index contributed by atoms with van der Waals surface area (Å²) in [5.41, 5.74) is 10.6. The molecule has 4 aromatic rings. The van der Waals surface area contributed by atoms with Crippen LogP contribution in [0.3, 0.4) is 0 Å². The Morgan fingerprint density at radius 3 is 0.806 bits per heavy atom. The van der Waals surface area contributed by atoms with Crippen LogP contribution in [-0.4, -0.2) is 103 Å². The molecule has 0 saturated carbocycles. The highest BCUT2D eigenvalue weighted by Gasteiger charge is 2.25. The van der Waals surface area contributed by atoms with Gasteiger partial charge in [0.05, 0.1) is 14.2 Å². The first-order valence-corrected chi connectivity index (χ1v) is 23.5. The monoisotopic (exact) mass is 992 g/mol. The van der Waals surface area contributed by atoms with E-state index in [9.17, 15) is 28.8 Å². The Balaban J connectivity index is 1.71. The van der Waals surface area contributed by atoms with E-state index in [1.807, 2.05) is 76.2 Å². The lowest BCUT2D eigenvalue weighted by Crippen LogP contribution is -2.17. The van der Waals surface area contributed by atoms with Crippen molar-refractivity contribution in [1.82, 2.24) is 0 Å². The summed E-state index contributed by atoms with van der Waals surface area (Å²) in [5, 5.41) is 0. The SMILES string of the molecule is C=C(C)C(=O)OCCOc1c2cc(C)cc1Cc1cc(C)cc(c1OCCOC(=O)CC(=O)OC)Cc1cc(C)cc(c1OCCOC(=O)C(=C)C)Cc1cc(C)cc(c1OCCOC(=O)CC(=O)OC)C2. The third kappa shape index (κ3) is 16.2. The van der Waals surface area contributed by atoms with Crippen LogP contribution < -0.4 is 18.9 Å². The lowest BCUT2D eigenvalue weighted by Gasteiger charge is -2.24. The minimum Gasteiger partial charge on any atom is -0.489 e. The third-order valence-electron chi connectivity index (χ3n) is 11.1. The Hall–Kier alpha value is -7.62. The van der Waals surface area contributed by atoms with Crippen molar-refractivity contribution in [1.29, 1.82) is 0 Å². The highest BCUT2D eigenvalue weighted by molar-refractivity contribution is 5.91. The van der Waals surface area contributed by atoms with E-state index in [1.165, 1.54) is 14.2 Å². The maximum absolute atomic E-state index is 12.5. The van der Waals surface area contributed by atoms with E-state index in [4.69, 9.17) is 37.9 Å². The smallest absolute Gasteiger partial charge is 0.333 e. The van der Waals surface area contributed by atoms with E-state index < -0.39 is 48.7 Å². The molecule has 0 saturated heterocycles. The number of hydrogen-bond acceptors (Lipinski definition) is 16. The maximum atomic E-state index is 12.5. The maximum Gasteiger partial charge on any atom is 0.333 e. The molecule has 5 rings (SSSR count). The van der Waals surface area contributed by atoms with E-state index in [-0.39, 0.29) is 64.0 Å². The molecule has 0 aliphatic heterocycles. The second-order valence-corrected chi connectivity index (χ2v) is 17.5. The van der Waals surface area contributed by atoms with E-state index in [0.29, 0.717) is 48.7 Å². The van der Waals surface area contributed by atoms with Gasteiger partial charge in [0.1, 0.15) is 88.7 Å². The molecule has 4 aromatic carbocycles. The number of benzene rings is 4. The number of hydrogen-bond donors (Lipinski definition) is 0. The molecule has 1 aliphatic carbocycles. The summed E-state index contributed by atoms with van der Waals surface area (Å²) in [6.07, 6.45) is 0.125. The number of fused-ring (bicyclic) bond motifs is 8. The van der Waals surface area contributed by atoms with Gasteiger partial charge in [0.25, 0.3) is 0 Å². The van der Waals surface area contributed by atoms with Crippen LogP contribution in [0.5, 0.6) is 23.0 Å². The predicted octanol–water partition coefficient (Wildman–Crippen LogP) is 7.56. The van der Waals surface area contributed by atoms with Crippen molar-refractivity contribution in [3.05, 3.63) is 140 Å². The van der Waals surface area contributed by atoms with Crippen LogP contribution in [0.4, 0.5) is 0 Å². The largest absolute Gasteiger partial charge is 0.489 e. The molecule has 72 heavy (non-hydrogen) atoms. The molecule has 0 atom stereocenters. The van der Waals surface area contributed by atoms with Crippen LogP contribution in [0.1, 0.15) is 93.5 Å². The molecule has 8 bridgehead atoms. The van der Waals surface area contributed by atoms with E-state index >= 15 is 0 Å². The molecule has 0 radical (unpaired) electrons.